The number of benzene rings is 2. The van der Waals surface area contributed by atoms with Crippen LogP contribution in [0.25, 0.3) is 6.08 Å². The molecule has 4 rings (SSSR count). The zero-order chi connectivity index (χ0) is 27.1. The van der Waals surface area contributed by atoms with E-state index in [4.69, 9.17) is 14.2 Å². The van der Waals surface area contributed by atoms with E-state index in [1.54, 1.807) is 61.5 Å². The van der Waals surface area contributed by atoms with E-state index in [1.165, 1.54) is 18.4 Å². The van der Waals surface area contributed by atoms with Crippen molar-refractivity contribution in [2.24, 2.45) is 0 Å². The maximum atomic E-state index is 13.5. The molecule has 0 spiro atoms. The highest BCUT2D eigenvalue weighted by Gasteiger charge is 2.37. The molecule has 0 unspecified atom stereocenters. The molecule has 0 aromatic heterocycles. The van der Waals surface area contributed by atoms with Gasteiger partial charge in [0.1, 0.15) is 11.5 Å². The van der Waals surface area contributed by atoms with Crippen molar-refractivity contribution in [1.82, 2.24) is 5.32 Å². The van der Waals surface area contributed by atoms with E-state index in [9.17, 15) is 14.4 Å². The lowest BCUT2D eigenvalue weighted by Crippen LogP contribution is -2.38. The first kappa shape index (κ1) is 27.0. The smallest absolute Gasteiger partial charge is 0.340 e. The highest BCUT2D eigenvalue weighted by atomic mass is 16.5. The van der Waals surface area contributed by atoms with E-state index in [0.717, 1.165) is 25.7 Å². The van der Waals surface area contributed by atoms with Crippen LogP contribution in [0.2, 0.25) is 0 Å². The van der Waals surface area contributed by atoms with Gasteiger partial charge in [-0.25, -0.2) is 4.79 Å². The fraction of sp³-hybridized carbons (Fsp3) is 0.367. The third-order valence-corrected chi connectivity index (χ3v) is 6.73. The quantitative estimate of drug-likeness (QED) is 0.379. The molecule has 38 heavy (non-hydrogen) atoms. The van der Waals surface area contributed by atoms with Crippen LogP contribution in [0, 0.1) is 0 Å². The topological polar surface area (TPSA) is 94.2 Å². The molecule has 1 fully saturated rings. The molecular weight excluding hydrogens is 484 g/mol. The minimum absolute atomic E-state index is 0.0547. The van der Waals surface area contributed by atoms with E-state index < -0.39 is 5.97 Å². The molecule has 2 amide bonds. The molecule has 1 saturated carbocycles. The van der Waals surface area contributed by atoms with Gasteiger partial charge in [0.05, 0.1) is 24.9 Å². The van der Waals surface area contributed by atoms with Crippen LogP contribution in [0.5, 0.6) is 11.5 Å². The lowest BCUT2D eigenvalue weighted by atomic mass is 9.95. The standard InChI is InChI=1S/C30H34N2O6/c1-4-37-24-16-12-23(13-17-24)32-20(2)28(30(35)36-3)26(29(32)34)18-21-10-14-25(15-11-21)38-19-27(33)31-22-8-6-5-7-9-22/h10-18,22H,4-9,19H2,1-3H3,(H,31,33)/b26-18-. The molecule has 1 heterocycles. The van der Waals surface area contributed by atoms with Crippen molar-refractivity contribution in [2.75, 3.05) is 25.2 Å². The number of methoxy groups -OCH3 is 1. The molecule has 2 aliphatic rings. The van der Waals surface area contributed by atoms with Crippen LogP contribution < -0.4 is 19.7 Å². The first-order chi connectivity index (χ1) is 18.4. The summed E-state index contributed by atoms with van der Waals surface area (Å²) < 4.78 is 16.1. The lowest BCUT2D eigenvalue weighted by Gasteiger charge is -2.22. The average molecular weight is 519 g/mol. The Morgan fingerprint density at radius 2 is 1.61 bits per heavy atom. The Bertz CT molecular complexity index is 1220. The summed E-state index contributed by atoms with van der Waals surface area (Å²) in [6, 6.07) is 14.4. The molecular formula is C30H34N2O6. The number of carbonyl (C=O) groups is 3. The van der Waals surface area contributed by atoms with Crippen molar-refractivity contribution in [3.05, 3.63) is 70.9 Å². The monoisotopic (exact) mass is 518 g/mol. The zero-order valence-corrected chi connectivity index (χ0v) is 22.1. The van der Waals surface area contributed by atoms with Gasteiger partial charge < -0.3 is 19.5 Å². The van der Waals surface area contributed by atoms with Crippen molar-refractivity contribution in [1.29, 1.82) is 0 Å². The summed E-state index contributed by atoms with van der Waals surface area (Å²) in [5.74, 6) is 0.200. The summed E-state index contributed by atoms with van der Waals surface area (Å²) in [4.78, 5) is 39.9. The highest BCUT2D eigenvalue weighted by Crippen LogP contribution is 2.36. The number of anilines is 1. The third kappa shape index (κ3) is 6.25. The number of hydrogen-bond acceptors (Lipinski definition) is 6. The third-order valence-electron chi connectivity index (χ3n) is 6.73. The minimum Gasteiger partial charge on any atom is -0.494 e. The summed E-state index contributed by atoms with van der Waals surface area (Å²) in [7, 11) is 1.29. The van der Waals surface area contributed by atoms with Crippen molar-refractivity contribution in [3.63, 3.8) is 0 Å². The lowest BCUT2D eigenvalue weighted by molar-refractivity contribution is -0.136. The molecule has 0 radical (unpaired) electrons. The van der Waals surface area contributed by atoms with Gasteiger partial charge in [0.2, 0.25) is 0 Å². The molecule has 1 N–H and O–H groups in total. The van der Waals surface area contributed by atoms with Crippen molar-refractivity contribution in [3.8, 4) is 11.5 Å². The largest absolute Gasteiger partial charge is 0.494 e. The molecule has 200 valence electrons. The normalized spacial score (nSPS) is 17.1. The Balaban J connectivity index is 1.48. The number of ether oxygens (including phenoxy) is 3. The van der Waals surface area contributed by atoms with Gasteiger partial charge in [-0.1, -0.05) is 31.4 Å². The van der Waals surface area contributed by atoms with Gasteiger partial charge in [0, 0.05) is 17.4 Å². The number of rotatable bonds is 9. The van der Waals surface area contributed by atoms with Crippen LogP contribution in [0.1, 0.15) is 51.5 Å². The summed E-state index contributed by atoms with van der Waals surface area (Å²) in [5, 5.41) is 3.03. The Labute approximate surface area is 223 Å². The number of amides is 2. The van der Waals surface area contributed by atoms with Gasteiger partial charge in [0.15, 0.2) is 6.61 Å². The second kappa shape index (κ2) is 12.4. The van der Waals surface area contributed by atoms with Gasteiger partial charge in [0.25, 0.3) is 11.8 Å². The van der Waals surface area contributed by atoms with Crippen LogP contribution in [0.4, 0.5) is 5.69 Å². The summed E-state index contributed by atoms with van der Waals surface area (Å²) in [6.45, 7) is 4.10. The molecule has 2 aromatic carbocycles. The molecule has 8 nitrogen and oxygen atoms in total. The van der Waals surface area contributed by atoms with Crippen LogP contribution >= 0.6 is 0 Å². The number of carbonyl (C=O) groups excluding carboxylic acids is 3. The first-order valence-electron chi connectivity index (χ1n) is 13.0. The molecule has 8 heteroatoms. The van der Waals surface area contributed by atoms with Gasteiger partial charge in [-0.05, 0) is 74.7 Å². The Kier molecular flexibility index (Phi) is 8.84. The number of hydrogen-bond donors (Lipinski definition) is 1. The van der Waals surface area contributed by atoms with Crippen LogP contribution in [-0.2, 0) is 19.1 Å². The molecule has 1 aliphatic heterocycles. The molecule has 1 aliphatic carbocycles. The summed E-state index contributed by atoms with van der Waals surface area (Å²) in [6.07, 6.45) is 7.22. The van der Waals surface area contributed by atoms with Crippen molar-refractivity contribution < 1.29 is 28.6 Å². The zero-order valence-electron chi connectivity index (χ0n) is 22.1. The van der Waals surface area contributed by atoms with E-state index in [-0.39, 0.29) is 35.6 Å². The van der Waals surface area contributed by atoms with E-state index in [2.05, 4.69) is 5.32 Å². The van der Waals surface area contributed by atoms with E-state index in [1.807, 2.05) is 6.92 Å². The van der Waals surface area contributed by atoms with Crippen LogP contribution in [0.15, 0.2) is 65.4 Å². The molecule has 0 saturated heterocycles. The molecule has 2 aromatic rings. The Morgan fingerprint density at radius 1 is 0.974 bits per heavy atom. The summed E-state index contributed by atoms with van der Waals surface area (Å²) in [5.41, 5.74) is 2.27. The molecule has 0 bridgehead atoms. The van der Waals surface area contributed by atoms with Gasteiger partial charge in [-0.2, -0.15) is 0 Å². The number of allylic oxidation sites excluding steroid dienone is 1. The van der Waals surface area contributed by atoms with Crippen molar-refractivity contribution in [2.45, 2.75) is 52.0 Å². The SMILES string of the molecule is CCOc1ccc(N2C(=O)/C(=C\c3ccc(OCC(=O)NC4CCCCC4)cc3)C(C(=O)OC)=C2C)cc1. The predicted molar refractivity (Wildman–Crippen MR) is 145 cm³/mol. The number of esters is 1. The fourth-order valence-corrected chi connectivity index (χ4v) is 4.84. The van der Waals surface area contributed by atoms with Gasteiger partial charge in [-0.15, -0.1) is 0 Å². The Hall–Kier alpha value is -4.07. The second-order valence-electron chi connectivity index (χ2n) is 9.34. The Morgan fingerprint density at radius 3 is 2.24 bits per heavy atom. The van der Waals surface area contributed by atoms with Gasteiger partial charge in [-0.3, -0.25) is 14.5 Å². The fourth-order valence-electron chi connectivity index (χ4n) is 4.84. The van der Waals surface area contributed by atoms with Crippen LogP contribution in [-0.4, -0.2) is 44.1 Å². The van der Waals surface area contributed by atoms with Gasteiger partial charge >= 0.3 is 5.97 Å². The maximum Gasteiger partial charge on any atom is 0.340 e. The highest BCUT2D eigenvalue weighted by molar-refractivity contribution is 6.23. The number of nitrogens with one attached hydrogen (secondary N) is 1. The second-order valence-corrected chi connectivity index (χ2v) is 9.34. The van der Waals surface area contributed by atoms with E-state index >= 15 is 0 Å². The first-order valence-corrected chi connectivity index (χ1v) is 13.0. The molecule has 0 atom stereocenters. The van der Waals surface area contributed by atoms with Crippen molar-refractivity contribution >= 4 is 29.5 Å². The van der Waals surface area contributed by atoms with E-state index in [0.29, 0.717) is 35.1 Å². The van der Waals surface area contributed by atoms with Crippen LogP contribution in [0.3, 0.4) is 0 Å². The predicted octanol–water partition coefficient (Wildman–Crippen LogP) is 4.79. The average Bonchev–Trinajstić information content (AvgIpc) is 3.17. The summed E-state index contributed by atoms with van der Waals surface area (Å²) >= 11 is 0. The minimum atomic E-state index is -0.584. The maximum absolute atomic E-state index is 13.5. The number of nitrogens with zero attached hydrogens (tertiary/aromatic N) is 1.